The van der Waals surface area contributed by atoms with Crippen molar-refractivity contribution in [1.29, 1.82) is 0 Å². The van der Waals surface area contributed by atoms with E-state index in [1.807, 2.05) is 0 Å². The molecule has 4 aliphatic carbocycles. The molecule has 4 aliphatic rings. The van der Waals surface area contributed by atoms with Crippen molar-refractivity contribution in [1.82, 2.24) is 0 Å². The molecule has 0 spiro atoms. The fourth-order valence-corrected chi connectivity index (χ4v) is 32.3. The van der Waals surface area contributed by atoms with Crippen molar-refractivity contribution in [3.8, 4) is 22.3 Å². The summed E-state index contributed by atoms with van der Waals surface area (Å²) in [5.74, 6) is 0. The second-order valence-electron chi connectivity index (χ2n) is 18.9. The average Bonchev–Trinajstić information content (AvgIpc) is 3.95. The van der Waals surface area contributed by atoms with Crippen LogP contribution in [0.15, 0.2) is 108 Å². The van der Waals surface area contributed by atoms with Gasteiger partial charge in [-0.1, -0.05) is 0 Å². The molecule has 0 bridgehead atoms. The summed E-state index contributed by atoms with van der Waals surface area (Å²) in [4.78, 5) is 0. The van der Waals surface area contributed by atoms with Crippen molar-refractivity contribution < 1.29 is 17.4 Å². The first-order valence-corrected chi connectivity index (χ1v) is 34.7. The van der Waals surface area contributed by atoms with E-state index in [2.05, 4.69) is 139 Å². The molecule has 0 nitrogen and oxygen atoms in total. The van der Waals surface area contributed by atoms with Gasteiger partial charge in [0.05, 0.1) is 0 Å². The summed E-state index contributed by atoms with van der Waals surface area (Å²) in [6.45, 7) is 7.44. The van der Waals surface area contributed by atoms with Gasteiger partial charge in [-0.25, -0.2) is 0 Å². The van der Waals surface area contributed by atoms with Gasteiger partial charge in [0.15, 0.2) is 0 Å². The SMILES string of the molecule is CCCC1(CC2=Cc3c(-c4ccccc4)cccc3[CH]2[Zr]([CH3])([CH3])(=[SiH2])[CH]2C(CC3(CCC)CCCC3)=Cc3c(-c4ccccc4)cccc32)CCCC1.Cl.Cl. The monoisotopic (exact) mass is 852 g/mol. The molecule has 0 radical (unpaired) electrons. The Hall–Kier alpha value is -1.96. The van der Waals surface area contributed by atoms with E-state index < -0.39 is 17.4 Å². The zero-order chi connectivity index (χ0) is 36.0. The standard InChI is InChI=1S/2C24H27.2CH3.2ClH.H2Si.Zr/c2*1-2-13-24(14-6-7-15-24)18-19-16-21-11-8-12-22(23(21)17-19)20-9-4-3-5-10-20;;;;;;/h2*3-5,8-12,16-17H,2,6-7,13-15,18H2,1H3;2*1H3;2*1H;1H2;. The molecule has 8 rings (SSSR count). The summed E-state index contributed by atoms with van der Waals surface area (Å²) < 4.78 is 6.93. The van der Waals surface area contributed by atoms with Crippen molar-refractivity contribution in [3.05, 3.63) is 130 Å². The van der Waals surface area contributed by atoms with Crippen molar-refractivity contribution in [3.63, 3.8) is 0 Å². The van der Waals surface area contributed by atoms with E-state index in [9.17, 15) is 0 Å². The maximum absolute atomic E-state index is 3.88. The van der Waals surface area contributed by atoms with Crippen molar-refractivity contribution in [2.45, 2.75) is 120 Å². The van der Waals surface area contributed by atoms with E-state index >= 15 is 0 Å². The molecular weight excluding hydrogens is 791 g/mol. The van der Waals surface area contributed by atoms with Crippen molar-refractivity contribution in [2.75, 3.05) is 0 Å². The number of hydrogen-bond acceptors (Lipinski definition) is 0. The molecule has 0 heterocycles. The Kier molecular flexibility index (Phi) is 12.7. The van der Waals surface area contributed by atoms with E-state index in [-0.39, 0.29) is 24.8 Å². The van der Waals surface area contributed by atoms with Crippen LogP contribution in [0.2, 0.25) is 9.26 Å². The molecule has 2 saturated carbocycles. The quantitative estimate of drug-likeness (QED) is 0.125. The molecule has 2 fully saturated rings. The smallest absolute Gasteiger partial charge is 0.147 e. The van der Waals surface area contributed by atoms with Gasteiger partial charge in [0.1, 0.15) is 0 Å². The minimum Gasteiger partial charge on any atom is -0.147 e. The molecule has 0 aromatic heterocycles. The Labute approximate surface area is 342 Å². The number of benzene rings is 4. The summed E-state index contributed by atoms with van der Waals surface area (Å²) >= 11 is -3.88. The van der Waals surface area contributed by atoms with E-state index in [0.717, 1.165) is 0 Å². The Balaban J connectivity index is 0.00000249. The van der Waals surface area contributed by atoms with Crippen LogP contribution in [0.5, 0.6) is 0 Å². The number of fused-ring (bicyclic) bond motifs is 2. The van der Waals surface area contributed by atoms with Gasteiger partial charge in [0.2, 0.25) is 0 Å². The summed E-state index contributed by atoms with van der Waals surface area (Å²) in [6.07, 6.45) is 24.7. The predicted octanol–water partition coefficient (Wildman–Crippen LogP) is 15.3. The average molecular weight is 855 g/mol. The van der Waals surface area contributed by atoms with Gasteiger partial charge in [-0.05, 0) is 0 Å². The molecule has 286 valence electrons. The van der Waals surface area contributed by atoms with E-state index in [4.69, 9.17) is 0 Å². The fourth-order valence-electron chi connectivity index (χ4n) is 12.6. The van der Waals surface area contributed by atoms with Crippen molar-refractivity contribution in [2.24, 2.45) is 10.8 Å². The fraction of sp³-hybridized carbons (Fsp3) is 0.440. The van der Waals surface area contributed by atoms with Crippen LogP contribution >= 0.6 is 24.8 Å². The minimum absolute atomic E-state index is 0. The minimum atomic E-state index is -3.88. The maximum atomic E-state index is 2.91. The van der Waals surface area contributed by atoms with Gasteiger partial charge < -0.3 is 0 Å². The number of hydrogen-bond donors (Lipinski definition) is 0. The molecule has 0 saturated heterocycles. The molecule has 0 N–H and O–H groups in total. The maximum Gasteiger partial charge on any atom is -0.147 e. The Morgan fingerprint density at radius 3 is 1.26 bits per heavy atom. The third kappa shape index (κ3) is 7.58. The number of halogens is 2. The summed E-state index contributed by atoms with van der Waals surface area (Å²) in [5.41, 5.74) is 16.5. The van der Waals surface area contributed by atoms with Crippen molar-refractivity contribution >= 4 is 43.8 Å². The molecule has 0 amide bonds. The molecule has 4 heteroatoms. The third-order valence-electron chi connectivity index (χ3n) is 14.4. The molecule has 0 aliphatic heterocycles. The Morgan fingerprint density at radius 2 is 0.907 bits per heavy atom. The van der Waals surface area contributed by atoms with Crippen LogP contribution in [-0.2, 0) is 17.4 Å². The molecule has 2 atom stereocenters. The van der Waals surface area contributed by atoms with Gasteiger partial charge in [-0.3, -0.25) is 0 Å². The van der Waals surface area contributed by atoms with Crippen LogP contribution in [0.3, 0.4) is 0 Å². The summed E-state index contributed by atoms with van der Waals surface area (Å²) in [6, 6.07) is 37.3. The predicted molar refractivity (Wildman–Crippen MR) is 241 cm³/mol. The van der Waals surface area contributed by atoms with Gasteiger partial charge in [0.25, 0.3) is 0 Å². The molecular formula is C50H64Cl2SiZr. The largest absolute Gasteiger partial charge is 0.147 e. The van der Waals surface area contributed by atoms with E-state index in [1.165, 1.54) is 123 Å². The van der Waals surface area contributed by atoms with Crippen LogP contribution in [0.25, 0.3) is 34.4 Å². The number of rotatable bonds is 12. The topological polar surface area (TPSA) is 0 Å². The summed E-state index contributed by atoms with van der Waals surface area (Å²) in [5, 5.41) is 0. The second kappa shape index (κ2) is 16.5. The second-order valence-corrected chi connectivity index (χ2v) is 49.3. The van der Waals surface area contributed by atoms with E-state index in [0.29, 0.717) is 18.1 Å². The van der Waals surface area contributed by atoms with Crippen LogP contribution in [-0.4, -0.2) is 6.88 Å². The first kappa shape index (κ1) is 41.7. The van der Waals surface area contributed by atoms with Gasteiger partial charge in [-0.2, -0.15) is 0 Å². The normalized spacial score (nSPS) is 21.1. The molecule has 4 aromatic rings. The molecule has 54 heavy (non-hydrogen) atoms. The van der Waals surface area contributed by atoms with Crippen LogP contribution in [0.4, 0.5) is 0 Å². The molecule has 2 unspecified atom stereocenters. The first-order valence-electron chi connectivity index (χ1n) is 21.0. The van der Waals surface area contributed by atoms with Crippen LogP contribution < -0.4 is 0 Å². The third-order valence-corrected chi connectivity index (χ3v) is 31.9. The van der Waals surface area contributed by atoms with Gasteiger partial charge in [0, 0.05) is 0 Å². The van der Waals surface area contributed by atoms with Gasteiger partial charge in [-0.15, -0.1) is 24.8 Å². The number of allylic oxidation sites excluding steroid dienone is 2. The zero-order valence-electron chi connectivity index (χ0n) is 33.5. The van der Waals surface area contributed by atoms with Crippen LogP contribution in [0.1, 0.15) is 133 Å². The van der Waals surface area contributed by atoms with E-state index in [1.54, 1.807) is 22.3 Å². The Morgan fingerprint density at radius 1 is 0.537 bits per heavy atom. The van der Waals surface area contributed by atoms with Crippen LogP contribution in [0, 0.1) is 10.8 Å². The summed E-state index contributed by atoms with van der Waals surface area (Å²) in [7, 11) is 0. The Bertz CT molecular complexity index is 1920. The molecule has 4 aromatic carbocycles. The van der Waals surface area contributed by atoms with Gasteiger partial charge >= 0.3 is 320 Å². The first-order chi connectivity index (χ1) is 25.1. The zero-order valence-corrected chi connectivity index (χ0v) is 39.0.